The van der Waals surface area contributed by atoms with Gasteiger partial charge in [0.15, 0.2) is 5.96 Å². The fourth-order valence-electron chi connectivity index (χ4n) is 3.05. The van der Waals surface area contributed by atoms with Gasteiger partial charge in [0.2, 0.25) is 5.91 Å². The second-order valence-corrected chi connectivity index (χ2v) is 7.64. The maximum atomic E-state index is 13.2. The quantitative estimate of drug-likeness (QED) is 0.172. The summed E-state index contributed by atoms with van der Waals surface area (Å²) in [6.07, 6.45) is 2.67. The third-order valence-corrected chi connectivity index (χ3v) is 4.89. The first kappa shape index (κ1) is 25.9. The average Bonchev–Trinajstić information content (AvgIpc) is 3.58. The van der Waals surface area contributed by atoms with E-state index in [4.69, 9.17) is 4.74 Å². The molecule has 0 bridgehead atoms. The van der Waals surface area contributed by atoms with Gasteiger partial charge in [-0.15, -0.1) is 24.0 Å². The molecule has 1 aliphatic rings. The minimum absolute atomic E-state index is 0. The van der Waals surface area contributed by atoms with Crippen LogP contribution in [0.5, 0.6) is 5.75 Å². The molecule has 3 rings (SSSR count). The smallest absolute Gasteiger partial charge is 0.224 e. The monoisotopic (exact) mass is 554 g/mol. The normalized spacial score (nSPS) is 13.1. The van der Waals surface area contributed by atoms with Gasteiger partial charge in [-0.2, -0.15) is 0 Å². The van der Waals surface area contributed by atoms with Crippen molar-refractivity contribution in [3.05, 3.63) is 65.5 Å². The molecule has 8 heteroatoms. The first-order valence-corrected chi connectivity index (χ1v) is 10.9. The Bertz CT molecular complexity index is 890. The number of amides is 1. The third-order valence-electron chi connectivity index (χ3n) is 4.89. The van der Waals surface area contributed by atoms with E-state index in [1.54, 1.807) is 12.1 Å². The zero-order chi connectivity index (χ0) is 21.9. The van der Waals surface area contributed by atoms with E-state index in [-0.39, 0.29) is 42.1 Å². The van der Waals surface area contributed by atoms with Crippen molar-refractivity contribution in [3.63, 3.8) is 0 Å². The molecule has 0 atom stereocenters. The number of nitrogens with one attached hydrogen (secondary N) is 3. The number of halogens is 2. The van der Waals surface area contributed by atoms with Crippen molar-refractivity contribution in [1.82, 2.24) is 16.0 Å². The van der Waals surface area contributed by atoms with E-state index in [0.29, 0.717) is 37.1 Å². The second kappa shape index (κ2) is 13.9. The maximum absolute atomic E-state index is 13.2. The van der Waals surface area contributed by atoms with Crippen LogP contribution < -0.4 is 20.7 Å². The van der Waals surface area contributed by atoms with Gasteiger partial charge in [0.25, 0.3) is 0 Å². The minimum Gasteiger partial charge on any atom is -0.493 e. The first-order chi connectivity index (χ1) is 15.1. The van der Waals surface area contributed by atoms with Crippen LogP contribution in [0.2, 0.25) is 0 Å². The Labute approximate surface area is 206 Å². The molecular formula is C24H32FIN4O2. The van der Waals surface area contributed by atoms with Crippen molar-refractivity contribution in [2.75, 3.05) is 26.2 Å². The lowest BCUT2D eigenvalue weighted by Crippen LogP contribution is -2.41. The molecule has 1 fully saturated rings. The van der Waals surface area contributed by atoms with Crippen molar-refractivity contribution in [2.24, 2.45) is 10.9 Å². The number of benzene rings is 2. The highest BCUT2D eigenvalue weighted by atomic mass is 127. The zero-order valence-corrected chi connectivity index (χ0v) is 20.7. The molecule has 1 amide bonds. The predicted octanol–water partition coefficient (Wildman–Crippen LogP) is 3.65. The summed E-state index contributed by atoms with van der Waals surface area (Å²) in [5, 5.41) is 9.27. The molecule has 0 aliphatic heterocycles. The molecule has 1 saturated carbocycles. The Morgan fingerprint density at radius 3 is 2.62 bits per heavy atom. The summed E-state index contributed by atoms with van der Waals surface area (Å²) in [7, 11) is 0. The van der Waals surface area contributed by atoms with Crippen LogP contribution in [-0.4, -0.2) is 38.1 Å². The zero-order valence-electron chi connectivity index (χ0n) is 18.4. The number of rotatable bonds is 11. The number of carbonyl (C=O) groups excluding carboxylic acids is 1. The third kappa shape index (κ3) is 9.42. The van der Waals surface area contributed by atoms with E-state index in [9.17, 15) is 9.18 Å². The summed E-state index contributed by atoms with van der Waals surface area (Å²) in [5.41, 5.74) is 1.70. The highest BCUT2D eigenvalue weighted by Gasteiger charge is 2.22. The van der Waals surface area contributed by atoms with E-state index in [0.717, 1.165) is 24.5 Å². The van der Waals surface area contributed by atoms with Gasteiger partial charge < -0.3 is 20.7 Å². The predicted molar refractivity (Wildman–Crippen MR) is 136 cm³/mol. The number of hydrogen-bond acceptors (Lipinski definition) is 3. The Balaban J connectivity index is 0.00000363. The van der Waals surface area contributed by atoms with E-state index in [1.165, 1.54) is 25.0 Å². The molecule has 0 unspecified atom stereocenters. The van der Waals surface area contributed by atoms with Crippen LogP contribution >= 0.6 is 24.0 Å². The molecule has 174 valence electrons. The average molecular weight is 554 g/mol. The maximum Gasteiger partial charge on any atom is 0.224 e. The van der Waals surface area contributed by atoms with Gasteiger partial charge in [0.1, 0.15) is 11.6 Å². The number of nitrogens with zero attached hydrogens (tertiary/aromatic N) is 1. The fraction of sp³-hybridized carbons (Fsp3) is 0.417. The van der Waals surface area contributed by atoms with Crippen LogP contribution in [-0.2, 0) is 17.8 Å². The summed E-state index contributed by atoms with van der Waals surface area (Å²) < 4.78 is 19.2. The van der Waals surface area contributed by atoms with Gasteiger partial charge in [0.05, 0.1) is 19.6 Å². The van der Waals surface area contributed by atoms with Crippen LogP contribution in [0.4, 0.5) is 4.39 Å². The van der Waals surface area contributed by atoms with E-state index >= 15 is 0 Å². The summed E-state index contributed by atoms with van der Waals surface area (Å²) in [4.78, 5) is 16.7. The van der Waals surface area contributed by atoms with E-state index in [2.05, 4.69) is 20.9 Å². The molecular weight excluding hydrogens is 522 g/mol. The molecule has 0 radical (unpaired) electrons. The second-order valence-electron chi connectivity index (χ2n) is 7.64. The molecule has 0 saturated heterocycles. The van der Waals surface area contributed by atoms with Gasteiger partial charge in [-0.25, -0.2) is 9.38 Å². The van der Waals surface area contributed by atoms with Gasteiger partial charge in [-0.05, 0) is 49.4 Å². The number of hydrogen-bond donors (Lipinski definition) is 3. The van der Waals surface area contributed by atoms with Gasteiger partial charge >= 0.3 is 0 Å². The summed E-state index contributed by atoms with van der Waals surface area (Å²) in [5.74, 6) is 1.79. The van der Waals surface area contributed by atoms with Crippen LogP contribution in [0.25, 0.3) is 0 Å². The molecule has 0 spiro atoms. The topological polar surface area (TPSA) is 74.8 Å². The summed E-state index contributed by atoms with van der Waals surface area (Å²) >= 11 is 0. The molecule has 6 nitrogen and oxygen atoms in total. The summed E-state index contributed by atoms with van der Waals surface area (Å²) in [6, 6.07) is 14.1. The summed E-state index contributed by atoms with van der Waals surface area (Å²) in [6.45, 7) is 4.99. The highest BCUT2D eigenvalue weighted by Crippen LogP contribution is 2.30. The SMILES string of the molecule is CCNC(=NCc1ccccc1OCC1CC1)NCCNC(=O)Cc1cccc(F)c1.I. The fourth-order valence-corrected chi connectivity index (χ4v) is 3.05. The molecule has 2 aromatic rings. The lowest BCUT2D eigenvalue weighted by molar-refractivity contribution is -0.120. The Morgan fingerprint density at radius 1 is 1.09 bits per heavy atom. The Hall–Kier alpha value is -2.36. The molecule has 32 heavy (non-hydrogen) atoms. The first-order valence-electron chi connectivity index (χ1n) is 10.9. The van der Waals surface area contributed by atoms with Gasteiger partial charge in [0, 0.05) is 25.2 Å². The van der Waals surface area contributed by atoms with Gasteiger partial charge in [-0.1, -0.05) is 30.3 Å². The van der Waals surface area contributed by atoms with Crippen LogP contribution in [0.1, 0.15) is 30.9 Å². The molecule has 0 heterocycles. The Morgan fingerprint density at radius 2 is 1.88 bits per heavy atom. The standard InChI is InChI=1S/C24H31FN4O2.HI/c1-2-26-24(28-13-12-27-23(30)15-19-6-5-8-21(25)14-19)29-16-20-7-3-4-9-22(20)31-17-18-10-11-18;/h3-9,14,18H,2,10-13,15-17H2,1H3,(H,27,30)(H2,26,28,29);1H. The van der Waals surface area contributed by atoms with Crippen molar-refractivity contribution >= 4 is 35.8 Å². The largest absolute Gasteiger partial charge is 0.493 e. The van der Waals surface area contributed by atoms with E-state index in [1.807, 2.05) is 31.2 Å². The number of guanidine groups is 1. The molecule has 2 aromatic carbocycles. The Kier molecular flexibility index (Phi) is 11.3. The van der Waals surface area contributed by atoms with Crippen LogP contribution in [0.3, 0.4) is 0 Å². The van der Waals surface area contributed by atoms with Crippen molar-refractivity contribution in [2.45, 2.75) is 32.7 Å². The number of carbonyl (C=O) groups is 1. The number of para-hydroxylation sites is 1. The van der Waals surface area contributed by atoms with Crippen molar-refractivity contribution in [1.29, 1.82) is 0 Å². The molecule has 1 aliphatic carbocycles. The van der Waals surface area contributed by atoms with Gasteiger partial charge in [-0.3, -0.25) is 4.79 Å². The van der Waals surface area contributed by atoms with E-state index < -0.39 is 0 Å². The van der Waals surface area contributed by atoms with Crippen LogP contribution in [0.15, 0.2) is 53.5 Å². The van der Waals surface area contributed by atoms with Crippen molar-refractivity contribution in [3.8, 4) is 5.75 Å². The highest BCUT2D eigenvalue weighted by molar-refractivity contribution is 14.0. The minimum atomic E-state index is -0.335. The lowest BCUT2D eigenvalue weighted by atomic mass is 10.1. The van der Waals surface area contributed by atoms with Crippen molar-refractivity contribution < 1.29 is 13.9 Å². The molecule has 3 N–H and O–H groups in total. The number of ether oxygens (including phenoxy) is 1. The number of aliphatic imine (C=N–C) groups is 1. The van der Waals surface area contributed by atoms with Crippen LogP contribution in [0, 0.1) is 11.7 Å². The lowest BCUT2D eigenvalue weighted by Gasteiger charge is -2.13. The molecule has 0 aromatic heterocycles.